The van der Waals surface area contributed by atoms with Crippen LogP contribution in [0.4, 0.5) is 5.13 Å². The molecule has 0 bridgehead atoms. The zero-order chi connectivity index (χ0) is 18.7. The number of hydrogen-bond donors (Lipinski definition) is 1. The van der Waals surface area contributed by atoms with E-state index in [1.165, 1.54) is 27.5 Å². The minimum atomic E-state index is -3.15. The summed E-state index contributed by atoms with van der Waals surface area (Å²) >= 11 is 1.39. The Labute approximate surface area is 157 Å². The van der Waals surface area contributed by atoms with Crippen molar-refractivity contribution in [3.05, 3.63) is 35.2 Å². The summed E-state index contributed by atoms with van der Waals surface area (Å²) in [6.45, 7) is 4.20. The van der Waals surface area contributed by atoms with Crippen molar-refractivity contribution in [2.45, 2.75) is 6.92 Å². The van der Waals surface area contributed by atoms with Gasteiger partial charge in [-0.05, 0) is 6.92 Å². The SMILES string of the molecule is Cc1ccc(-c2csc(NC(=O)CN3CCN(S(C)(=O)=O)CC3)n2)cc1. The highest BCUT2D eigenvalue weighted by Crippen LogP contribution is 2.25. The number of anilines is 1. The second kappa shape index (κ2) is 7.83. The molecule has 0 spiro atoms. The van der Waals surface area contributed by atoms with Crippen LogP contribution in [0.2, 0.25) is 0 Å². The molecule has 1 N–H and O–H groups in total. The van der Waals surface area contributed by atoms with Crippen molar-refractivity contribution in [1.82, 2.24) is 14.2 Å². The highest BCUT2D eigenvalue weighted by Gasteiger charge is 2.24. The maximum atomic E-state index is 12.2. The Morgan fingerprint density at radius 3 is 2.46 bits per heavy atom. The largest absolute Gasteiger partial charge is 0.301 e. The number of carbonyl (C=O) groups is 1. The van der Waals surface area contributed by atoms with Gasteiger partial charge in [0.2, 0.25) is 15.9 Å². The summed E-state index contributed by atoms with van der Waals surface area (Å²) in [5, 5.41) is 5.32. The fraction of sp³-hybridized carbons (Fsp3) is 0.412. The van der Waals surface area contributed by atoms with E-state index in [2.05, 4.69) is 10.3 Å². The minimum Gasteiger partial charge on any atom is -0.301 e. The first-order valence-electron chi connectivity index (χ1n) is 8.31. The number of thiazole rings is 1. The van der Waals surface area contributed by atoms with E-state index in [1.807, 2.05) is 41.5 Å². The van der Waals surface area contributed by atoms with Gasteiger partial charge in [-0.3, -0.25) is 9.69 Å². The van der Waals surface area contributed by atoms with E-state index in [-0.39, 0.29) is 12.5 Å². The number of nitrogens with one attached hydrogen (secondary N) is 1. The first kappa shape index (κ1) is 19.0. The van der Waals surface area contributed by atoms with Crippen molar-refractivity contribution < 1.29 is 13.2 Å². The molecule has 2 heterocycles. The Kier molecular flexibility index (Phi) is 5.71. The predicted molar refractivity (Wildman–Crippen MR) is 104 cm³/mol. The lowest BCUT2D eigenvalue weighted by atomic mass is 10.1. The quantitative estimate of drug-likeness (QED) is 0.834. The summed E-state index contributed by atoms with van der Waals surface area (Å²) in [7, 11) is -3.15. The Hall–Kier alpha value is -1.81. The first-order valence-corrected chi connectivity index (χ1v) is 11.0. The highest BCUT2D eigenvalue weighted by molar-refractivity contribution is 7.88. The van der Waals surface area contributed by atoms with Crippen LogP contribution in [0.1, 0.15) is 5.56 Å². The van der Waals surface area contributed by atoms with E-state index in [4.69, 9.17) is 0 Å². The van der Waals surface area contributed by atoms with Gasteiger partial charge < -0.3 is 5.32 Å². The van der Waals surface area contributed by atoms with E-state index >= 15 is 0 Å². The minimum absolute atomic E-state index is 0.136. The molecule has 2 aromatic rings. The van der Waals surface area contributed by atoms with Crippen LogP contribution in [-0.2, 0) is 14.8 Å². The van der Waals surface area contributed by atoms with Gasteiger partial charge in [0.05, 0.1) is 18.5 Å². The van der Waals surface area contributed by atoms with Crippen LogP contribution in [0.3, 0.4) is 0 Å². The van der Waals surface area contributed by atoms with Gasteiger partial charge in [0.1, 0.15) is 0 Å². The molecule has 3 rings (SSSR count). The number of rotatable bonds is 5. The van der Waals surface area contributed by atoms with E-state index < -0.39 is 10.0 Å². The van der Waals surface area contributed by atoms with Crippen LogP contribution in [0, 0.1) is 6.92 Å². The molecule has 0 saturated carbocycles. The van der Waals surface area contributed by atoms with Crippen molar-refractivity contribution in [2.24, 2.45) is 0 Å². The second-order valence-corrected chi connectivity index (χ2v) is 9.23. The van der Waals surface area contributed by atoms with Crippen molar-refractivity contribution in [3.8, 4) is 11.3 Å². The second-order valence-electron chi connectivity index (χ2n) is 6.39. The number of nitrogens with zero attached hydrogens (tertiary/aromatic N) is 3. The molecule has 7 nitrogen and oxygen atoms in total. The third-order valence-electron chi connectivity index (χ3n) is 4.27. The average Bonchev–Trinajstić information content (AvgIpc) is 3.03. The molecule has 1 fully saturated rings. The summed E-state index contributed by atoms with van der Waals surface area (Å²) in [6, 6.07) is 8.08. The number of sulfonamides is 1. The molecule has 9 heteroatoms. The van der Waals surface area contributed by atoms with Crippen molar-refractivity contribution in [1.29, 1.82) is 0 Å². The zero-order valence-electron chi connectivity index (χ0n) is 14.8. The molecule has 1 aromatic carbocycles. The standard InChI is InChI=1S/C17H22N4O3S2/c1-13-3-5-14(6-4-13)15-12-25-17(18-15)19-16(22)11-20-7-9-21(10-8-20)26(2,23)24/h3-6,12H,7-11H2,1-2H3,(H,18,19,22). The molecule has 0 unspecified atom stereocenters. The lowest BCUT2D eigenvalue weighted by Crippen LogP contribution is -2.50. The van der Waals surface area contributed by atoms with E-state index in [9.17, 15) is 13.2 Å². The number of benzene rings is 1. The molecule has 1 aromatic heterocycles. The van der Waals surface area contributed by atoms with Crippen LogP contribution in [0.25, 0.3) is 11.3 Å². The molecule has 26 heavy (non-hydrogen) atoms. The molecule has 140 valence electrons. The first-order chi connectivity index (χ1) is 12.3. The van der Waals surface area contributed by atoms with Crippen molar-refractivity contribution in [2.75, 3.05) is 44.3 Å². The highest BCUT2D eigenvalue weighted by atomic mass is 32.2. The van der Waals surface area contributed by atoms with E-state index in [0.717, 1.165) is 11.3 Å². The average molecular weight is 395 g/mol. The molecule has 0 radical (unpaired) electrons. The predicted octanol–water partition coefficient (Wildman–Crippen LogP) is 1.63. The van der Waals surface area contributed by atoms with Crippen LogP contribution in [-0.4, -0.2) is 67.5 Å². The summed E-state index contributed by atoms with van der Waals surface area (Å²) in [5.41, 5.74) is 3.05. The van der Waals surface area contributed by atoms with Crippen LogP contribution < -0.4 is 5.32 Å². The molecule has 1 aliphatic rings. The Morgan fingerprint density at radius 1 is 1.19 bits per heavy atom. The number of piperazine rings is 1. The van der Waals surface area contributed by atoms with Gasteiger partial charge in [-0.15, -0.1) is 11.3 Å². The van der Waals surface area contributed by atoms with Crippen molar-refractivity contribution >= 4 is 32.4 Å². The fourth-order valence-corrected chi connectivity index (χ4v) is 4.33. The third kappa shape index (κ3) is 4.88. The van der Waals surface area contributed by atoms with Gasteiger partial charge in [0.25, 0.3) is 0 Å². The number of hydrogen-bond acceptors (Lipinski definition) is 6. The van der Waals surface area contributed by atoms with Crippen molar-refractivity contribution in [3.63, 3.8) is 0 Å². The Bertz CT molecular complexity index is 870. The monoisotopic (exact) mass is 394 g/mol. The summed E-state index contributed by atoms with van der Waals surface area (Å²) in [6.07, 6.45) is 1.21. The molecular weight excluding hydrogens is 372 g/mol. The topological polar surface area (TPSA) is 82.6 Å². The van der Waals surface area contributed by atoms with Gasteiger partial charge in [0, 0.05) is 37.1 Å². The van der Waals surface area contributed by atoms with E-state index in [0.29, 0.717) is 31.3 Å². The number of carbonyl (C=O) groups excluding carboxylic acids is 1. The Morgan fingerprint density at radius 2 is 1.85 bits per heavy atom. The molecule has 1 saturated heterocycles. The number of aromatic nitrogens is 1. The lowest BCUT2D eigenvalue weighted by molar-refractivity contribution is -0.117. The number of amides is 1. The fourth-order valence-electron chi connectivity index (χ4n) is 2.77. The molecule has 1 aliphatic heterocycles. The number of aryl methyl sites for hydroxylation is 1. The molecular formula is C17H22N4O3S2. The smallest absolute Gasteiger partial charge is 0.240 e. The van der Waals surface area contributed by atoms with Gasteiger partial charge >= 0.3 is 0 Å². The molecule has 0 aliphatic carbocycles. The summed E-state index contributed by atoms with van der Waals surface area (Å²) in [5.74, 6) is -0.136. The van der Waals surface area contributed by atoms with Gasteiger partial charge in [-0.25, -0.2) is 13.4 Å². The maximum Gasteiger partial charge on any atom is 0.240 e. The van der Waals surface area contributed by atoms with Crippen LogP contribution in [0.15, 0.2) is 29.6 Å². The van der Waals surface area contributed by atoms with Gasteiger partial charge in [-0.1, -0.05) is 29.8 Å². The maximum absolute atomic E-state index is 12.2. The summed E-state index contributed by atoms with van der Waals surface area (Å²) in [4.78, 5) is 18.6. The normalized spacial score (nSPS) is 16.5. The zero-order valence-corrected chi connectivity index (χ0v) is 16.4. The van der Waals surface area contributed by atoms with Crippen LogP contribution in [0.5, 0.6) is 0 Å². The van der Waals surface area contributed by atoms with Gasteiger partial charge in [-0.2, -0.15) is 4.31 Å². The third-order valence-corrected chi connectivity index (χ3v) is 6.33. The van der Waals surface area contributed by atoms with Gasteiger partial charge in [0.15, 0.2) is 5.13 Å². The van der Waals surface area contributed by atoms with Crippen LogP contribution >= 0.6 is 11.3 Å². The lowest BCUT2D eigenvalue weighted by Gasteiger charge is -2.32. The molecule has 1 amide bonds. The molecule has 0 atom stereocenters. The summed E-state index contributed by atoms with van der Waals surface area (Å²) < 4.78 is 24.5. The van der Waals surface area contributed by atoms with E-state index in [1.54, 1.807) is 0 Å². The Balaban J connectivity index is 1.52.